The Balaban J connectivity index is 1.61. The molecule has 1 heterocycles. The van der Waals surface area contributed by atoms with Crippen molar-refractivity contribution in [3.05, 3.63) is 82.9 Å². The third-order valence-corrected chi connectivity index (χ3v) is 5.90. The summed E-state index contributed by atoms with van der Waals surface area (Å²) < 4.78 is 29.2. The highest BCUT2D eigenvalue weighted by molar-refractivity contribution is 6.00. The Morgan fingerprint density at radius 3 is 2.49 bits per heavy atom. The molecule has 0 aliphatic carbocycles. The first kappa shape index (κ1) is 26.1. The number of carbonyl (C=O) groups excluding carboxylic acids is 1. The lowest BCUT2D eigenvalue weighted by atomic mass is 9.99. The Kier molecular flexibility index (Phi) is 8.04. The summed E-state index contributed by atoms with van der Waals surface area (Å²) in [7, 11) is 1.51. The fourth-order valence-corrected chi connectivity index (χ4v) is 4.07. The van der Waals surface area contributed by atoms with Crippen molar-refractivity contribution in [2.24, 2.45) is 0 Å². The molecule has 194 valence electrons. The molecular weight excluding hydrogens is 472 g/mol. The number of hydrogen-bond donors (Lipinski definition) is 1. The van der Waals surface area contributed by atoms with Crippen LogP contribution in [0.3, 0.4) is 0 Å². The van der Waals surface area contributed by atoms with Gasteiger partial charge in [0.15, 0.2) is 6.61 Å². The second-order valence-electron chi connectivity index (χ2n) is 9.07. The molecule has 0 saturated carbocycles. The lowest BCUT2D eigenvalue weighted by molar-refractivity contribution is 0.0912. The van der Waals surface area contributed by atoms with E-state index in [0.29, 0.717) is 58.7 Å². The smallest absolute Gasteiger partial charge is 0.203 e. The Bertz CT molecular complexity index is 1280. The summed E-state index contributed by atoms with van der Waals surface area (Å²) in [6.07, 6.45) is 3.78. The second kappa shape index (κ2) is 11.4. The Labute approximate surface area is 217 Å². The van der Waals surface area contributed by atoms with Gasteiger partial charge >= 0.3 is 0 Å². The third kappa shape index (κ3) is 6.06. The van der Waals surface area contributed by atoms with E-state index >= 15 is 0 Å². The molecule has 1 aliphatic rings. The van der Waals surface area contributed by atoms with Gasteiger partial charge in [-0.25, -0.2) is 0 Å². The number of aliphatic hydroxyl groups is 1. The highest BCUT2D eigenvalue weighted by atomic mass is 16.5. The number of ether oxygens (including phenoxy) is 5. The Hall–Kier alpha value is -3.97. The number of hydrogen-bond acceptors (Lipinski definition) is 7. The molecule has 0 unspecified atom stereocenters. The third-order valence-electron chi connectivity index (χ3n) is 5.90. The zero-order valence-corrected chi connectivity index (χ0v) is 21.6. The van der Waals surface area contributed by atoms with Gasteiger partial charge < -0.3 is 28.8 Å². The van der Waals surface area contributed by atoms with Crippen molar-refractivity contribution in [3.8, 4) is 28.7 Å². The van der Waals surface area contributed by atoms with Crippen LogP contribution in [0.2, 0.25) is 0 Å². The molecule has 7 nitrogen and oxygen atoms in total. The first-order valence-electron chi connectivity index (χ1n) is 12.2. The van der Waals surface area contributed by atoms with Gasteiger partial charge in [0, 0.05) is 12.1 Å². The second-order valence-corrected chi connectivity index (χ2v) is 9.07. The molecule has 0 radical (unpaired) electrons. The van der Waals surface area contributed by atoms with Crippen LogP contribution in [0.4, 0.5) is 0 Å². The van der Waals surface area contributed by atoms with E-state index < -0.39 is 5.60 Å². The average Bonchev–Trinajstić information content (AvgIpc) is 2.90. The van der Waals surface area contributed by atoms with Crippen LogP contribution in [0.25, 0.3) is 6.08 Å². The van der Waals surface area contributed by atoms with Crippen LogP contribution in [0.5, 0.6) is 28.7 Å². The van der Waals surface area contributed by atoms with Crippen LogP contribution in [0.1, 0.15) is 47.8 Å². The van der Waals surface area contributed by atoms with Crippen molar-refractivity contribution < 1.29 is 33.6 Å². The molecule has 1 aliphatic heterocycles. The highest BCUT2D eigenvalue weighted by Gasteiger charge is 2.28. The van der Waals surface area contributed by atoms with E-state index in [2.05, 4.69) is 0 Å². The standard InChI is InChI=1S/C30H32O7/c1-5-34-21-11-12-22(27(15-21)35-18-20-9-7-6-8-10-20)25(32)19-36-29-23-13-14-30(2,3)37-28(23)16-26(33-4)24(29)17-31/h6-16,31H,5,17-19H2,1-4H3. The van der Waals surface area contributed by atoms with Gasteiger partial charge in [0.2, 0.25) is 5.78 Å². The topological polar surface area (TPSA) is 83.5 Å². The fourth-order valence-electron chi connectivity index (χ4n) is 4.07. The number of aliphatic hydroxyl groups excluding tert-OH is 1. The summed E-state index contributed by atoms with van der Waals surface area (Å²) in [4.78, 5) is 13.4. The zero-order valence-electron chi connectivity index (χ0n) is 21.6. The average molecular weight is 505 g/mol. The molecule has 3 aromatic carbocycles. The van der Waals surface area contributed by atoms with E-state index in [0.717, 1.165) is 5.56 Å². The molecule has 1 N–H and O–H groups in total. The summed E-state index contributed by atoms with van der Waals surface area (Å²) in [5, 5.41) is 10.1. The zero-order chi connectivity index (χ0) is 26.4. The first-order valence-corrected chi connectivity index (χ1v) is 12.2. The quantitative estimate of drug-likeness (QED) is 0.340. The normalized spacial score (nSPS) is 13.3. The minimum absolute atomic E-state index is 0.278. The van der Waals surface area contributed by atoms with Crippen LogP contribution >= 0.6 is 0 Å². The number of carbonyl (C=O) groups is 1. The lowest BCUT2D eigenvalue weighted by Gasteiger charge is -2.30. The van der Waals surface area contributed by atoms with Gasteiger partial charge in [0.05, 0.1) is 37.0 Å². The maximum atomic E-state index is 13.4. The monoisotopic (exact) mass is 504 g/mol. The van der Waals surface area contributed by atoms with E-state index in [1.54, 1.807) is 24.3 Å². The number of ketones is 1. The maximum absolute atomic E-state index is 13.4. The van der Waals surface area contributed by atoms with Crippen molar-refractivity contribution in [2.45, 2.75) is 39.6 Å². The lowest BCUT2D eigenvalue weighted by Crippen LogP contribution is -2.28. The van der Waals surface area contributed by atoms with E-state index in [4.69, 9.17) is 23.7 Å². The minimum Gasteiger partial charge on any atom is -0.496 e. The molecule has 0 bridgehead atoms. The molecule has 4 rings (SSSR count). The van der Waals surface area contributed by atoms with Crippen molar-refractivity contribution >= 4 is 11.9 Å². The Morgan fingerprint density at radius 2 is 1.78 bits per heavy atom. The van der Waals surface area contributed by atoms with Crippen LogP contribution < -0.4 is 23.7 Å². The number of Topliss-reactive ketones (excluding diaryl/α,β-unsaturated/α-hetero) is 1. The van der Waals surface area contributed by atoms with Crippen molar-refractivity contribution in [1.82, 2.24) is 0 Å². The number of methoxy groups -OCH3 is 1. The van der Waals surface area contributed by atoms with Crippen LogP contribution in [-0.4, -0.2) is 36.8 Å². The maximum Gasteiger partial charge on any atom is 0.203 e. The van der Waals surface area contributed by atoms with Crippen molar-refractivity contribution in [1.29, 1.82) is 0 Å². The largest absolute Gasteiger partial charge is 0.496 e. The Morgan fingerprint density at radius 1 is 1.00 bits per heavy atom. The first-order chi connectivity index (χ1) is 17.8. The minimum atomic E-state index is -0.515. The van der Waals surface area contributed by atoms with Crippen LogP contribution in [-0.2, 0) is 13.2 Å². The fraction of sp³-hybridized carbons (Fsp3) is 0.300. The molecule has 0 spiro atoms. The predicted molar refractivity (Wildman–Crippen MR) is 141 cm³/mol. The van der Waals surface area contributed by atoms with Crippen LogP contribution in [0, 0.1) is 0 Å². The molecule has 0 saturated heterocycles. The predicted octanol–water partition coefficient (Wildman–Crippen LogP) is 5.61. The SMILES string of the molecule is CCOc1ccc(C(=O)COc2c3c(cc(OC)c2CO)OC(C)(C)C=C3)c(OCc2ccccc2)c1. The molecule has 37 heavy (non-hydrogen) atoms. The van der Waals surface area contributed by atoms with Gasteiger partial charge in [-0.15, -0.1) is 0 Å². The van der Waals surface area contributed by atoms with E-state index in [1.165, 1.54) is 7.11 Å². The number of benzene rings is 3. The highest BCUT2D eigenvalue weighted by Crippen LogP contribution is 2.44. The van der Waals surface area contributed by atoms with Gasteiger partial charge in [0.1, 0.15) is 41.0 Å². The van der Waals surface area contributed by atoms with Crippen molar-refractivity contribution in [2.75, 3.05) is 20.3 Å². The molecule has 0 atom stereocenters. The summed E-state index contributed by atoms with van der Waals surface area (Å²) in [5.74, 6) is 2.04. The molecule has 0 amide bonds. The molecule has 0 fully saturated rings. The van der Waals surface area contributed by atoms with E-state index in [9.17, 15) is 9.90 Å². The summed E-state index contributed by atoms with van der Waals surface area (Å²) >= 11 is 0. The van der Waals surface area contributed by atoms with E-state index in [1.807, 2.05) is 63.3 Å². The van der Waals surface area contributed by atoms with Gasteiger partial charge in [0.25, 0.3) is 0 Å². The summed E-state index contributed by atoms with van der Waals surface area (Å²) in [5.41, 5.74) is 1.91. The van der Waals surface area contributed by atoms with E-state index in [-0.39, 0.29) is 19.0 Å². The molecule has 0 aromatic heterocycles. The van der Waals surface area contributed by atoms with Crippen molar-refractivity contribution in [3.63, 3.8) is 0 Å². The molecule has 7 heteroatoms. The van der Waals surface area contributed by atoms with Gasteiger partial charge in [-0.05, 0) is 50.6 Å². The van der Waals surface area contributed by atoms with Crippen LogP contribution in [0.15, 0.2) is 60.7 Å². The van der Waals surface area contributed by atoms with Gasteiger partial charge in [-0.3, -0.25) is 4.79 Å². The molecule has 3 aromatic rings. The van der Waals surface area contributed by atoms with Gasteiger partial charge in [-0.2, -0.15) is 0 Å². The van der Waals surface area contributed by atoms with Gasteiger partial charge in [-0.1, -0.05) is 30.3 Å². The number of fused-ring (bicyclic) bond motifs is 1. The summed E-state index contributed by atoms with van der Waals surface area (Å²) in [6, 6.07) is 16.6. The molecular formula is C30H32O7. The number of rotatable bonds is 11. The summed E-state index contributed by atoms with van der Waals surface area (Å²) in [6.45, 7) is 5.95.